The van der Waals surface area contributed by atoms with Crippen LogP contribution in [0.25, 0.3) is 0 Å². The molecule has 0 unspecified atom stereocenters. The lowest BCUT2D eigenvalue weighted by atomic mass is 10.1. The molecule has 2 aliphatic heterocycles. The van der Waals surface area contributed by atoms with Gasteiger partial charge in [-0.1, -0.05) is 29.3 Å². The van der Waals surface area contributed by atoms with Crippen LogP contribution in [0.3, 0.4) is 0 Å². The molecule has 0 radical (unpaired) electrons. The van der Waals surface area contributed by atoms with Gasteiger partial charge in [0, 0.05) is 38.2 Å². The van der Waals surface area contributed by atoms with Gasteiger partial charge in [-0.25, -0.2) is 8.42 Å². The molecule has 0 aromatic heterocycles. The normalized spacial score (nSPS) is 17.3. The highest BCUT2D eigenvalue weighted by atomic mass is 35.5. The predicted molar refractivity (Wildman–Crippen MR) is 107 cm³/mol. The second-order valence-corrected chi connectivity index (χ2v) is 9.36. The summed E-state index contributed by atoms with van der Waals surface area (Å²) in [6, 6.07) is 10.0. The van der Waals surface area contributed by atoms with Gasteiger partial charge in [0.2, 0.25) is 10.0 Å². The van der Waals surface area contributed by atoms with Gasteiger partial charge in [-0.3, -0.25) is 4.79 Å². The molecule has 0 aliphatic carbocycles. The van der Waals surface area contributed by atoms with Crippen LogP contribution in [0.5, 0.6) is 5.75 Å². The number of piperazine rings is 1. The van der Waals surface area contributed by atoms with Gasteiger partial charge in [-0.2, -0.15) is 4.31 Å². The van der Waals surface area contributed by atoms with Crippen LogP contribution in [0.4, 0.5) is 0 Å². The molecule has 0 spiro atoms. The number of rotatable bonds is 3. The first-order valence-corrected chi connectivity index (χ1v) is 11.1. The molecule has 6 nitrogen and oxygen atoms in total. The van der Waals surface area contributed by atoms with Gasteiger partial charge < -0.3 is 9.64 Å². The molecule has 0 bridgehead atoms. The Hall–Kier alpha value is -1.80. The third kappa shape index (κ3) is 3.48. The summed E-state index contributed by atoms with van der Waals surface area (Å²) in [6.45, 7) is 1.60. The van der Waals surface area contributed by atoms with Gasteiger partial charge in [-0.05, 0) is 35.9 Å². The fourth-order valence-electron chi connectivity index (χ4n) is 3.49. The molecule has 1 amide bonds. The van der Waals surface area contributed by atoms with E-state index in [0.29, 0.717) is 25.3 Å². The first kappa shape index (κ1) is 19.5. The van der Waals surface area contributed by atoms with Crippen molar-refractivity contribution in [3.05, 3.63) is 57.6 Å². The number of halogens is 2. The Labute approximate surface area is 173 Å². The Morgan fingerprint density at radius 1 is 1.00 bits per heavy atom. The van der Waals surface area contributed by atoms with E-state index in [4.69, 9.17) is 27.9 Å². The van der Waals surface area contributed by atoms with Crippen LogP contribution in [0.1, 0.15) is 15.9 Å². The molecule has 0 atom stereocenters. The Kier molecular flexibility index (Phi) is 5.26. The summed E-state index contributed by atoms with van der Waals surface area (Å²) < 4.78 is 32.7. The second-order valence-electron chi connectivity index (χ2n) is 6.67. The van der Waals surface area contributed by atoms with Gasteiger partial charge in [0.1, 0.15) is 10.6 Å². The number of hydrogen-bond acceptors (Lipinski definition) is 4. The number of fused-ring (bicyclic) bond motifs is 1. The summed E-state index contributed by atoms with van der Waals surface area (Å²) in [6.07, 6.45) is 0.793. The minimum Gasteiger partial charge on any atom is -0.493 e. The molecule has 2 aliphatic rings. The van der Waals surface area contributed by atoms with E-state index < -0.39 is 10.0 Å². The molecule has 2 aromatic carbocycles. The largest absolute Gasteiger partial charge is 0.493 e. The molecule has 148 valence electrons. The van der Waals surface area contributed by atoms with Crippen LogP contribution in [0, 0.1) is 0 Å². The maximum atomic E-state index is 12.9. The molecular weight excluding hydrogens is 423 g/mol. The minimum atomic E-state index is -3.83. The lowest BCUT2D eigenvalue weighted by Crippen LogP contribution is -2.50. The maximum Gasteiger partial charge on any atom is 0.253 e. The monoisotopic (exact) mass is 440 g/mol. The van der Waals surface area contributed by atoms with Gasteiger partial charge in [0.15, 0.2) is 0 Å². The Bertz CT molecular complexity index is 1010. The van der Waals surface area contributed by atoms with E-state index in [1.807, 2.05) is 12.1 Å². The fraction of sp³-hybridized carbons (Fsp3) is 0.316. The molecule has 28 heavy (non-hydrogen) atoms. The predicted octanol–water partition coefficient (Wildman–Crippen LogP) is 3.08. The third-order valence-corrected chi connectivity index (χ3v) is 7.83. The van der Waals surface area contributed by atoms with Crippen molar-refractivity contribution in [2.75, 3.05) is 32.8 Å². The number of carbonyl (C=O) groups is 1. The van der Waals surface area contributed by atoms with Crippen molar-refractivity contribution in [1.82, 2.24) is 9.21 Å². The summed E-state index contributed by atoms with van der Waals surface area (Å²) in [5.74, 6) is 0.714. The summed E-state index contributed by atoms with van der Waals surface area (Å²) in [7, 11) is -3.83. The number of nitrogens with zero attached hydrogens (tertiary/aromatic N) is 2. The van der Waals surface area contributed by atoms with Gasteiger partial charge in [-0.15, -0.1) is 0 Å². The third-order valence-electron chi connectivity index (χ3n) is 4.98. The average Bonchev–Trinajstić information content (AvgIpc) is 3.15. The number of hydrogen-bond donors (Lipinski definition) is 0. The van der Waals surface area contributed by atoms with Crippen LogP contribution < -0.4 is 4.74 Å². The number of carbonyl (C=O) groups excluding carboxylic acids is 1. The number of benzene rings is 2. The van der Waals surface area contributed by atoms with Crippen molar-refractivity contribution in [2.45, 2.75) is 11.3 Å². The van der Waals surface area contributed by atoms with Crippen molar-refractivity contribution < 1.29 is 17.9 Å². The van der Waals surface area contributed by atoms with Crippen LogP contribution >= 0.6 is 23.2 Å². The number of amides is 1. The van der Waals surface area contributed by atoms with Crippen molar-refractivity contribution in [1.29, 1.82) is 0 Å². The molecular formula is C19H18Cl2N2O4S. The molecule has 9 heteroatoms. The highest BCUT2D eigenvalue weighted by Gasteiger charge is 2.33. The lowest BCUT2D eigenvalue weighted by Gasteiger charge is -2.34. The molecule has 1 saturated heterocycles. The quantitative estimate of drug-likeness (QED) is 0.735. The molecule has 4 rings (SSSR count). The standard InChI is InChI=1S/C19H18Cl2N2O4S/c20-15-2-1-3-16(21)18(15)28(25,26)23-9-7-22(8-10-23)19(24)14-4-5-17-13(12-14)6-11-27-17/h1-5,12H,6-11H2. The van der Waals surface area contributed by atoms with Crippen LogP contribution in [-0.2, 0) is 16.4 Å². The summed E-state index contributed by atoms with van der Waals surface area (Å²) in [5, 5.41) is 0.178. The zero-order chi connectivity index (χ0) is 19.9. The smallest absolute Gasteiger partial charge is 0.253 e. The topological polar surface area (TPSA) is 66.9 Å². The minimum absolute atomic E-state index is 0.0864. The van der Waals surface area contributed by atoms with E-state index in [0.717, 1.165) is 17.7 Å². The zero-order valence-electron chi connectivity index (χ0n) is 14.9. The Morgan fingerprint density at radius 3 is 2.36 bits per heavy atom. The van der Waals surface area contributed by atoms with E-state index in [1.165, 1.54) is 16.4 Å². The van der Waals surface area contributed by atoms with Crippen LogP contribution in [-0.4, -0.2) is 56.3 Å². The summed E-state index contributed by atoms with van der Waals surface area (Å²) >= 11 is 12.1. The Morgan fingerprint density at radius 2 is 1.68 bits per heavy atom. The van der Waals surface area contributed by atoms with Gasteiger partial charge >= 0.3 is 0 Å². The highest BCUT2D eigenvalue weighted by molar-refractivity contribution is 7.89. The van der Waals surface area contributed by atoms with Crippen LogP contribution in [0.15, 0.2) is 41.3 Å². The second kappa shape index (κ2) is 7.55. The molecule has 1 fully saturated rings. The summed E-state index contributed by atoms with van der Waals surface area (Å²) in [5.41, 5.74) is 1.62. The number of sulfonamides is 1. The van der Waals surface area contributed by atoms with Crippen LogP contribution in [0.2, 0.25) is 10.0 Å². The first-order chi connectivity index (χ1) is 13.4. The van der Waals surface area contributed by atoms with E-state index >= 15 is 0 Å². The van der Waals surface area contributed by atoms with Crippen molar-refractivity contribution in [2.24, 2.45) is 0 Å². The SMILES string of the molecule is O=C(c1ccc2c(c1)CCO2)N1CCN(S(=O)(=O)c2c(Cl)cccc2Cl)CC1. The fourth-order valence-corrected chi connectivity index (χ4v) is 6.01. The molecule has 0 saturated carbocycles. The van der Waals surface area contributed by atoms with E-state index in [2.05, 4.69) is 0 Å². The molecule has 0 N–H and O–H groups in total. The van der Waals surface area contributed by atoms with E-state index in [9.17, 15) is 13.2 Å². The lowest BCUT2D eigenvalue weighted by molar-refractivity contribution is 0.0698. The van der Waals surface area contributed by atoms with E-state index in [1.54, 1.807) is 17.0 Å². The number of ether oxygens (including phenoxy) is 1. The maximum absolute atomic E-state index is 12.9. The summed E-state index contributed by atoms with van der Waals surface area (Å²) in [4.78, 5) is 14.4. The zero-order valence-corrected chi connectivity index (χ0v) is 17.2. The first-order valence-electron chi connectivity index (χ1n) is 8.87. The van der Waals surface area contributed by atoms with Gasteiger partial charge in [0.05, 0.1) is 16.7 Å². The van der Waals surface area contributed by atoms with Crippen molar-refractivity contribution >= 4 is 39.1 Å². The van der Waals surface area contributed by atoms with Crippen molar-refractivity contribution in [3.8, 4) is 5.75 Å². The van der Waals surface area contributed by atoms with Crippen molar-refractivity contribution in [3.63, 3.8) is 0 Å². The highest BCUT2D eigenvalue weighted by Crippen LogP contribution is 2.32. The Balaban J connectivity index is 1.48. The van der Waals surface area contributed by atoms with Gasteiger partial charge in [0.25, 0.3) is 5.91 Å². The van der Waals surface area contributed by atoms with E-state index in [-0.39, 0.29) is 33.9 Å². The average molecular weight is 441 g/mol. The molecule has 2 aromatic rings. The molecule has 2 heterocycles.